The normalized spacial score (nSPS) is 10.4. The van der Waals surface area contributed by atoms with Crippen LogP contribution in [-0.4, -0.2) is 19.7 Å². The van der Waals surface area contributed by atoms with Crippen LogP contribution in [0.25, 0.3) is 5.69 Å². The summed E-state index contributed by atoms with van der Waals surface area (Å²) in [5.41, 5.74) is -0.556. The number of aryl methyl sites for hydroxylation is 1. The van der Waals surface area contributed by atoms with Gasteiger partial charge >= 0.3 is 11.4 Å². The molecule has 1 aromatic carbocycles. The first kappa shape index (κ1) is 10.9. The predicted molar refractivity (Wildman–Crippen MR) is 58.4 cm³/mol. The highest BCUT2D eigenvalue weighted by atomic mass is 16.6. The number of benzene rings is 1. The number of nitro groups is 1. The van der Waals surface area contributed by atoms with Crippen LogP contribution in [0.15, 0.2) is 27.8 Å². The molecule has 8 heteroatoms. The van der Waals surface area contributed by atoms with Crippen LogP contribution < -0.4 is 11.4 Å². The predicted octanol–water partition coefficient (Wildman–Crippen LogP) is 0.0705. The van der Waals surface area contributed by atoms with Gasteiger partial charge in [-0.05, 0) is 18.6 Å². The summed E-state index contributed by atoms with van der Waals surface area (Å²) >= 11 is 0. The molecular formula is C9H8N4O4. The number of rotatable bonds is 2. The monoisotopic (exact) mass is 236 g/mol. The summed E-state index contributed by atoms with van der Waals surface area (Å²) in [5, 5.41) is 14.8. The van der Waals surface area contributed by atoms with Gasteiger partial charge < -0.3 is 0 Å². The molecule has 2 aromatic rings. The molecule has 0 amide bonds. The second kappa shape index (κ2) is 3.74. The molecule has 1 aromatic heterocycles. The number of nitrogens with one attached hydrogen (secondary N) is 2. The molecule has 0 atom stereocenters. The maximum Gasteiger partial charge on any atom is 0.348 e. The van der Waals surface area contributed by atoms with E-state index in [9.17, 15) is 19.7 Å². The molecule has 2 rings (SSSR count). The lowest BCUT2D eigenvalue weighted by Gasteiger charge is -2.03. The van der Waals surface area contributed by atoms with Gasteiger partial charge in [-0.15, -0.1) is 0 Å². The second-order valence-electron chi connectivity index (χ2n) is 3.42. The Kier molecular flexibility index (Phi) is 2.39. The quantitative estimate of drug-likeness (QED) is 0.567. The van der Waals surface area contributed by atoms with E-state index in [1.165, 1.54) is 18.2 Å². The molecule has 2 N–H and O–H groups in total. The average molecular weight is 236 g/mol. The van der Waals surface area contributed by atoms with Gasteiger partial charge in [-0.1, -0.05) is 0 Å². The van der Waals surface area contributed by atoms with Gasteiger partial charge in [0.05, 0.1) is 10.6 Å². The minimum atomic E-state index is -0.619. The highest BCUT2D eigenvalue weighted by Gasteiger charge is 2.12. The lowest BCUT2D eigenvalue weighted by atomic mass is 10.2. The zero-order chi connectivity index (χ0) is 12.6. The summed E-state index contributed by atoms with van der Waals surface area (Å²) in [7, 11) is 0. The molecular weight excluding hydrogens is 228 g/mol. The second-order valence-corrected chi connectivity index (χ2v) is 3.42. The van der Waals surface area contributed by atoms with Crippen LogP contribution in [-0.2, 0) is 0 Å². The van der Waals surface area contributed by atoms with E-state index >= 15 is 0 Å². The van der Waals surface area contributed by atoms with E-state index in [1.807, 2.05) is 0 Å². The summed E-state index contributed by atoms with van der Waals surface area (Å²) in [6.45, 7) is 1.58. The lowest BCUT2D eigenvalue weighted by Crippen LogP contribution is -2.25. The molecule has 8 nitrogen and oxygen atoms in total. The number of non-ortho nitro benzene ring substituents is 1. The molecule has 0 bridgehead atoms. The largest absolute Gasteiger partial charge is 0.348 e. The van der Waals surface area contributed by atoms with Gasteiger partial charge in [0.1, 0.15) is 0 Å². The number of H-pyrrole nitrogens is 2. The van der Waals surface area contributed by atoms with Crippen molar-refractivity contribution in [3.8, 4) is 5.69 Å². The van der Waals surface area contributed by atoms with Crippen molar-refractivity contribution in [3.05, 3.63) is 54.8 Å². The number of hydrogen-bond acceptors (Lipinski definition) is 4. The maximum atomic E-state index is 11.4. The van der Waals surface area contributed by atoms with Gasteiger partial charge in [-0.2, -0.15) is 0 Å². The Balaban J connectivity index is 2.67. The van der Waals surface area contributed by atoms with Crippen LogP contribution in [0.4, 0.5) is 5.69 Å². The van der Waals surface area contributed by atoms with E-state index in [2.05, 4.69) is 10.2 Å². The number of aromatic nitrogens is 3. The highest BCUT2D eigenvalue weighted by Crippen LogP contribution is 2.18. The third-order valence-corrected chi connectivity index (χ3v) is 2.31. The molecule has 0 aliphatic rings. The summed E-state index contributed by atoms with van der Waals surface area (Å²) in [5.74, 6) is 0. The van der Waals surface area contributed by atoms with Crippen molar-refractivity contribution in [3.63, 3.8) is 0 Å². The number of nitro benzene ring substituents is 1. The van der Waals surface area contributed by atoms with Gasteiger partial charge in [-0.25, -0.2) is 24.4 Å². The molecule has 0 radical (unpaired) electrons. The first-order valence-electron chi connectivity index (χ1n) is 4.66. The molecule has 0 saturated carbocycles. The molecule has 88 valence electrons. The lowest BCUT2D eigenvalue weighted by molar-refractivity contribution is -0.384. The topological polar surface area (TPSA) is 114 Å². The van der Waals surface area contributed by atoms with E-state index < -0.39 is 16.3 Å². The minimum absolute atomic E-state index is 0.0914. The van der Waals surface area contributed by atoms with Gasteiger partial charge in [-0.3, -0.25) is 10.1 Å². The molecule has 0 spiro atoms. The molecule has 0 unspecified atom stereocenters. The van der Waals surface area contributed by atoms with E-state index in [0.717, 1.165) is 4.57 Å². The van der Waals surface area contributed by atoms with Crippen LogP contribution >= 0.6 is 0 Å². The van der Waals surface area contributed by atoms with Crippen molar-refractivity contribution in [1.29, 1.82) is 0 Å². The summed E-state index contributed by atoms with van der Waals surface area (Å²) in [6, 6.07) is 3.90. The van der Waals surface area contributed by atoms with Gasteiger partial charge in [0.15, 0.2) is 0 Å². The molecule has 0 saturated heterocycles. The van der Waals surface area contributed by atoms with Gasteiger partial charge in [0.25, 0.3) is 5.69 Å². The van der Waals surface area contributed by atoms with E-state index in [4.69, 9.17) is 0 Å². The summed E-state index contributed by atoms with van der Waals surface area (Å²) in [4.78, 5) is 32.7. The van der Waals surface area contributed by atoms with E-state index in [-0.39, 0.29) is 5.69 Å². The first-order chi connectivity index (χ1) is 8.00. The van der Waals surface area contributed by atoms with Crippen molar-refractivity contribution in [1.82, 2.24) is 14.8 Å². The fourth-order valence-corrected chi connectivity index (χ4v) is 1.53. The number of hydrogen-bond donors (Lipinski definition) is 2. The highest BCUT2D eigenvalue weighted by molar-refractivity contribution is 5.47. The minimum Gasteiger partial charge on any atom is -0.258 e. The Labute approximate surface area is 93.7 Å². The standard InChI is InChI=1S/C9H8N4O4/c1-5-4-6(13(16)17)2-3-7(5)12-8(14)10-11-9(12)15/h2-4H,1H3,(H,10,14)(H,11,15). The van der Waals surface area contributed by atoms with Crippen LogP contribution in [0.1, 0.15) is 5.56 Å². The molecule has 0 fully saturated rings. The van der Waals surface area contributed by atoms with Crippen molar-refractivity contribution in [2.24, 2.45) is 0 Å². The van der Waals surface area contributed by atoms with Crippen LogP contribution in [0.5, 0.6) is 0 Å². The van der Waals surface area contributed by atoms with E-state index in [1.54, 1.807) is 6.92 Å². The Hall–Kier alpha value is -2.64. The maximum absolute atomic E-state index is 11.4. The molecule has 0 aliphatic carbocycles. The number of aromatic amines is 2. The van der Waals surface area contributed by atoms with Crippen LogP contribution in [0.2, 0.25) is 0 Å². The summed E-state index contributed by atoms with van der Waals surface area (Å²) < 4.78 is 0.874. The molecule has 17 heavy (non-hydrogen) atoms. The third kappa shape index (κ3) is 1.75. The SMILES string of the molecule is Cc1cc([N+](=O)[O-])ccc1-n1c(=O)[nH][nH]c1=O. The van der Waals surface area contributed by atoms with Crippen molar-refractivity contribution in [2.45, 2.75) is 6.92 Å². The van der Waals surface area contributed by atoms with E-state index in [0.29, 0.717) is 11.3 Å². The fourth-order valence-electron chi connectivity index (χ4n) is 1.53. The van der Waals surface area contributed by atoms with Crippen molar-refractivity contribution < 1.29 is 4.92 Å². The molecule has 0 aliphatic heterocycles. The van der Waals surface area contributed by atoms with Crippen molar-refractivity contribution in [2.75, 3.05) is 0 Å². The smallest absolute Gasteiger partial charge is 0.258 e. The zero-order valence-corrected chi connectivity index (χ0v) is 8.76. The van der Waals surface area contributed by atoms with Crippen LogP contribution in [0.3, 0.4) is 0 Å². The Morgan fingerprint density at radius 3 is 2.29 bits per heavy atom. The van der Waals surface area contributed by atoms with Crippen molar-refractivity contribution >= 4 is 5.69 Å². The Morgan fingerprint density at radius 2 is 1.82 bits per heavy atom. The third-order valence-electron chi connectivity index (χ3n) is 2.31. The fraction of sp³-hybridized carbons (Fsp3) is 0.111. The Morgan fingerprint density at radius 1 is 1.24 bits per heavy atom. The first-order valence-corrected chi connectivity index (χ1v) is 4.66. The summed E-state index contributed by atoms with van der Waals surface area (Å²) in [6.07, 6.45) is 0. The number of nitrogens with zero attached hydrogens (tertiary/aromatic N) is 2. The molecule has 1 heterocycles. The van der Waals surface area contributed by atoms with Gasteiger partial charge in [0.2, 0.25) is 0 Å². The Bertz CT molecular complexity index is 666. The zero-order valence-electron chi connectivity index (χ0n) is 8.76. The average Bonchev–Trinajstić information content (AvgIpc) is 2.59. The van der Waals surface area contributed by atoms with Gasteiger partial charge in [0, 0.05) is 12.1 Å². The van der Waals surface area contributed by atoms with Crippen LogP contribution in [0, 0.1) is 17.0 Å².